The molecule has 1 heterocycles. The lowest BCUT2D eigenvalue weighted by atomic mass is 9.91. The number of halogens is 1. The second-order valence-corrected chi connectivity index (χ2v) is 5.76. The van der Waals surface area contributed by atoms with Gasteiger partial charge in [-0.15, -0.1) is 0 Å². The lowest BCUT2D eigenvalue weighted by Gasteiger charge is -2.22. The van der Waals surface area contributed by atoms with Crippen LogP contribution in [-0.4, -0.2) is 21.0 Å². The summed E-state index contributed by atoms with van der Waals surface area (Å²) in [6.45, 7) is 4.77. The Morgan fingerprint density at radius 3 is 2.67 bits per heavy atom. The van der Waals surface area contributed by atoms with Crippen LogP contribution in [0.2, 0.25) is 0 Å². The predicted octanol–water partition coefficient (Wildman–Crippen LogP) is 2.81. The molecule has 0 fully saturated rings. The summed E-state index contributed by atoms with van der Waals surface area (Å²) in [5.74, 6) is -1.03. The number of nitrogens with zero attached hydrogens (tertiary/aromatic N) is 2. The highest BCUT2D eigenvalue weighted by Gasteiger charge is 2.23. The molecule has 0 radical (unpaired) electrons. The van der Waals surface area contributed by atoms with Crippen LogP contribution in [0.1, 0.15) is 35.6 Å². The Labute approximate surface area is 139 Å². The summed E-state index contributed by atoms with van der Waals surface area (Å²) in [5, 5.41) is 12.0. The highest BCUT2D eigenvalue weighted by molar-refractivity contribution is 6.02. The minimum Gasteiger partial charge on any atom is -0.513 e. The Balaban J connectivity index is 2.29. The normalized spacial score (nSPS) is 14.1. The molecule has 24 heavy (non-hydrogen) atoms. The monoisotopic (exact) mass is 330 g/mol. The van der Waals surface area contributed by atoms with Crippen LogP contribution in [0.4, 0.5) is 10.1 Å². The van der Waals surface area contributed by atoms with E-state index < -0.39 is 17.3 Å². The fourth-order valence-electron chi connectivity index (χ4n) is 2.23. The molecule has 6 nitrogen and oxygen atoms in total. The van der Waals surface area contributed by atoms with Crippen molar-refractivity contribution in [1.82, 2.24) is 9.97 Å². The minimum absolute atomic E-state index is 0.0243. The maximum absolute atomic E-state index is 14.1. The second-order valence-electron chi connectivity index (χ2n) is 5.76. The molecule has 1 amide bonds. The lowest BCUT2D eigenvalue weighted by Crippen LogP contribution is -2.32. The smallest absolute Gasteiger partial charge is 0.275 e. The Bertz CT molecular complexity index is 782. The molecule has 126 valence electrons. The highest BCUT2D eigenvalue weighted by atomic mass is 19.1. The first-order chi connectivity index (χ1) is 11.2. The first-order valence-corrected chi connectivity index (χ1v) is 7.26. The highest BCUT2D eigenvalue weighted by Crippen LogP contribution is 2.26. The number of carbonyl (C=O) groups excluding carboxylic acids is 1. The largest absolute Gasteiger partial charge is 0.513 e. The molecule has 0 spiro atoms. The number of aromatic nitrogens is 2. The molecule has 1 atom stereocenters. The van der Waals surface area contributed by atoms with E-state index in [4.69, 9.17) is 5.73 Å². The van der Waals surface area contributed by atoms with Gasteiger partial charge in [-0.3, -0.25) is 9.78 Å². The molecule has 0 saturated carbocycles. The summed E-state index contributed by atoms with van der Waals surface area (Å²) < 4.78 is 14.1. The van der Waals surface area contributed by atoms with Crippen molar-refractivity contribution in [2.75, 3.05) is 5.32 Å². The zero-order valence-corrected chi connectivity index (χ0v) is 13.7. The van der Waals surface area contributed by atoms with Gasteiger partial charge in [-0.2, -0.15) is 0 Å². The van der Waals surface area contributed by atoms with Gasteiger partial charge in [0.1, 0.15) is 11.5 Å². The number of aliphatic hydroxyl groups excluding tert-OH is 1. The number of benzene rings is 1. The lowest BCUT2D eigenvalue weighted by molar-refractivity contribution is 0.102. The van der Waals surface area contributed by atoms with Gasteiger partial charge in [-0.05, 0) is 45.0 Å². The van der Waals surface area contributed by atoms with Gasteiger partial charge in [0, 0.05) is 17.4 Å². The van der Waals surface area contributed by atoms with Crippen molar-refractivity contribution in [2.45, 2.75) is 26.3 Å². The van der Waals surface area contributed by atoms with Crippen molar-refractivity contribution < 1.29 is 14.3 Å². The summed E-state index contributed by atoms with van der Waals surface area (Å²) in [5.41, 5.74) is 6.17. The molecule has 0 saturated heterocycles. The maximum atomic E-state index is 14.1. The molecule has 0 aliphatic heterocycles. The summed E-state index contributed by atoms with van der Waals surface area (Å²) in [4.78, 5) is 20.2. The molecular formula is C17H19FN4O2. The van der Waals surface area contributed by atoms with E-state index in [1.807, 2.05) is 0 Å². The molecule has 0 bridgehead atoms. The third kappa shape index (κ3) is 4.14. The summed E-state index contributed by atoms with van der Waals surface area (Å²) in [6.07, 6.45) is 4.18. The van der Waals surface area contributed by atoms with Crippen molar-refractivity contribution in [2.24, 2.45) is 5.73 Å². The summed E-state index contributed by atoms with van der Waals surface area (Å²) in [6, 6.07) is 4.05. The average molecular weight is 330 g/mol. The zero-order chi connectivity index (χ0) is 17.9. The van der Waals surface area contributed by atoms with Crippen LogP contribution in [0.25, 0.3) is 0 Å². The van der Waals surface area contributed by atoms with E-state index in [0.717, 1.165) is 0 Å². The van der Waals surface area contributed by atoms with Gasteiger partial charge in [-0.1, -0.05) is 0 Å². The fourth-order valence-corrected chi connectivity index (χ4v) is 2.23. The first-order valence-electron chi connectivity index (χ1n) is 7.26. The minimum atomic E-state index is -1.23. The second kappa shape index (κ2) is 6.76. The molecule has 2 rings (SSSR count). The maximum Gasteiger partial charge on any atom is 0.275 e. The van der Waals surface area contributed by atoms with Gasteiger partial charge in [0.05, 0.1) is 23.2 Å². The average Bonchev–Trinajstić information content (AvgIpc) is 2.48. The van der Waals surface area contributed by atoms with E-state index >= 15 is 0 Å². The SMILES string of the molecule is C/C(O)=C/[C@](C)(N)c1cc(NC(=O)c2cnc(C)cn2)ccc1F. The molecular weight excluding hydrogens is 311 g/mol. The number of nitrogens with two attached hydrogens (primary N) is 1. The summed E-state index contributed by atoms with van der Waals surface area (Å²) >= 11 is 0. The van der Waals surface area contributed by atoms with Gasteiger partial charge in [-0.25, -0.2) is 9.37 Å². The number of hydrogen-bond donors (Lipinski definition) is 3. The number of aliphatic hydroxyl groups is 1. The van der Waals surface area contributed by atoms with E-state index in [0.29, 0.717) is 11.4 Å². The van der Waals surface area contributed by atoms with E-state index in [1.54, 1.807) is 13.8 Å². The molecule has 4 N–H and O–H groups in total. The quantitative estimate of drug-likeness (QED) is 0.748. The fraction of sp³-hybridized carbons (Fsp3) is 0.235. The first kappa shape index (κ1) is 17.6. The molecule has 1 aromatic heterocycles. The number of allylic oxidation sites excluding steroid dienone is 1. The molecule has 7 heteroatoms. The number of aryl methyl sites for hydroxylation is 1. The molecule has 1 aromatic carbocycles. The molecule has 0 aliphatic rings. The Kier molecular flexibility index (Phi) is 4.94. The number of amides is 1. The standard InChI is InChI=1S/C17H19FN4O2/c1-10-8-21-15(9-20-10)16(24)22-12-4-5-14(18)13(6-12)17(3,19)7-11(2)23/h4-9,23H,19H2,1-3H3,(H,22,24)/b11-7-/t17-/m0/s1. The van der Waals surface area contributed by atoms with Crippen LogP contribution in [0, 0.1) is 12.7 Å². The Morgan fingerprint density at radius 2 is 2.08 bits per heavy atom. The number of hydrogen-bond acceptors (Lipinski definition) is 5. The van der Waals surface area contributed by atoms with Crippen molar-refractivity contribution in [3.8, 4) is 0 Å². The van der Waals surface area contributed by atoms with Crippen molar-refractivity contribution in [3.63, 3.8) is 0 Å². The Hall–Kier alpha value is -2.80. The van der Waals surface area contributed by atoms with Gasteiger partial charge in [0.15, 0.2) is 0 Å². The van der Waals surface area contributed by atoms with Crippen LogP contribution in [0.5, 0.6) is 0 Å². The molecule has 2 aromatic rings. The van der Waals surface area contributed by atoms with Gasteiger partial charge < -0.3 is 16.2 Å². The van der Waals surface area contributed by atoms with E-state index in [-0.39, 0.29) is 17.0 Å². The van der Waals surface area contributed by atoms with Crippen molar-refractivity contribution in [3.05, 3.63) is 65.2 Å². The van der Waals surface area contributed by atoms with E-state index in [2.05, 4.69) is 15.3 Å². The van der Waals surface area contributed by atoms with Crippen LogP contribution in [0.15, 0.2) is 42.4 Å². The Morgan fingerprint density at radius 1 is 1.38 bits per heavy atom. The summed E-state index contributed by atoms with van der Waals surface area (Å²) in [7, 11) is 0. The van der Waals surface area contributed by atoms with Crippen LogP contribution < -0.4 is 11.1 Å². The van der Waals surface area contributed by atoms with Gasteiger partial charge in [0.2, 0.25) is 0 Å². The van der Waals surface area contributed by atoms with Crippen molar-refractivity contribution >= 4 is 11.6 Å². The number of anilines is 1. The van der Waals surface area contributed by atoms with Gasteiger partial charge >= 0.3 is 0 Å². The molecule has 0 unspecified atom stereocenters. The number of carbonyl (C=O) groups is 1. The van der Waals surface area contributed by atoms with E-state index in [1.165, 1.54) is 43.6 Å². The van der Waals surface area contributed by atoms with Crippen LogP contribution in [-0.2, 0) is 5.54 Å². The van der Waals surface area contributed by atoms with Crippen LogP contribution >= 0.6 is 0 Å². The zero-order valence-electron chi connectivity index (χ0n) is 13.7. The van der Waals surface area contributed by atoms with Crippen LogP contribution in [0.3, 0.4) is 0 Å². The predicted molar refractivity (Wildman–Crippen MR) is 89.0 cm³/mol. The molecule has 0 aliphatic carbocycles. The topological polar surface area (TPSA) is 101 Å². The third-order valence-electron chi connectivity index (χ3n) is 3.33. The third-order valence-corrected chi connectivity index (χ3v) is 3.33. The number of rotatable bonds is 4. The number of nitrogens with one attached hydrogen (secondary N) is 1. The van der Waals surface area contributed by atoms with E-state index in [9.17, 15) is 14.3 Å². The van der Waals surface area contributed by atoms with Crippen molar-refractivity contribution in [1.29, 1.82) is 0 Å². The van der Waals surface area contributed by atoms with Gasteiger partial charge in [0.25, 0.3) is 5.91 Å².